The molecule has 1 aromatic carbocycles. The normalized spacial score (nSPS) is 10.9. The number of aliphatic imine (C=N–C) groups is 1. The van der Waals surface area contributed by atoms with Crippen LogP contribution in [0.4, 0.5) is 5.69 Å². The number of nitrogens with zero attached hydrogens (tertiary/aromatic N) is 1. The van der Waals surface area contributed by atoms with E-state index in [2.05, 4.69) is 15.6 Å². The lowest BCUT2D eigenvalue weighted by Crippen LogP contribution is -2.32. The van der Waals surface area contributed by atoms with Crippen molar-refractivity contribution >= 4 is 35.6 Å². The highest BCUT2D eigenvalue weighted by atomic mass is 127. The van der Waals surface area contributed by atoms with E-state index in [4.69, 9.17) is 18.6 Å². The molecule has 0 aliphatic heterocycles. The Morgan fingerprint density at radius 1 is 1.14 bits per heavy atom. The van der Waals surface area contributed by atoms with Gasteiger partial charge >= 0.3 is 0 Å². The minimum absolute atomic E-state index is 0. The van der Waals surface area contributed by atoms with Gasteiger partial charge in [-0.2, -0.15) is 0 Å². The maximum absolute atomic E-state index is 5.37. The van der Waals surface area contributed by atoms with Gasteiger partial charge in [0.25, 0.3) is 0 Å². The van der Waals surface area contributed by atoms with Gasteiger partial charge in [0, 0.05) is 44.5 Å². The summed E-state index contributed by atoms with van der Waals surface area (Å²) in [5.74, 6) is 2.98. The van der Waals surface area contributed by atoms with Crippen LogP contribution in [-0.2, 0) is 11.2 Å². The average molecular weight is 503 g/mol. The molecule has 156 valence electrons. The molecule has 8 heteroatoms. The molecule has 0 radical (unpaired) electrons. The number of anilines is 1. The predicted molar refractivity (Wildman–Crippen MR) is 122 cm³/mol. The Balaban J connectivity index is 0.00000392. The van der Waals surface area contributed by atoms with Gasteiger partial charge in [-0.15, -0.1) is 24.0 Å². The summed E-state index contributed by atoms with van der Waals surface area (Å²) in [6, 6.07) is 9.51. The van der Waals surface area contributed by atoms with Crippen LogP contribution in [0.15, 0.2) is 46.0 Å². The summed E-state index contributed by atoms with van der Waals surface area (Å²) < 4.78 is 21.4. The Morgan fingerprint density at radius 3 is 2.64 bits per heavy atom. The molecule has 2 rings (SSSR count). The van der Waals surface area contributed by atoms with Gasteiger partial charge in [-0.05, 0) is 37.6 Å². The smallest absolute Gasteiger partial charge is 0.195 e. The highest BCUT2D eigenvalue weighted by molar-refractivity contribution is 14.0. The third-order valence-electron chi connectivity index (χ3n) is 3.81. The third kappa shape index (κ3) is 8.39. The van der Waals surface area contributed by atoms with E-state index in [0.717, 1.165) is 30.9 Å². The number of furan rings is 1. The van der Waals surface area contributed by atoms with Gasteiger partial charge in [-0.25, -0.2) is 0 Å². The number of hydrogen-bond donors (Lipinski definition) is 2. The quantitative estimate of drug-likeness (QED) is 0.210. The summed E-state index contributed by atoms with van der Waals surface area (Å²) in [7, 11) is 3.23. The average Bonchev–Trinajstić information content (AvgIpc) is 3.21. The SMILES string of the molecule is CCOCCCN=C(NCCc1ccco1)Nc1ccc(OC)c(OC)c1.I. The summed E-state index contributed by atoms with van der Waals surface area (Å²) in [6.45, 7) is 4.79. The lowest BCUT2D eigenvalue weighted by Gasteiger charge is -2.14. The van der Waals surface area contributed by atoms with Gasteiger partial charge in [0.1, 0.15) is 5.76 Å². The Hall–Kier alpha value is -1.94. The fourth-order valence-corrected chi connectivity index (χ4v) is 2.45. The standard InChI is InChI=1S/C20H29N3O4.HI/c1-4-26-13-6-11-21-20(22-12-10-17-7-5-14-27-17)23-16-8-9-18(24-2)19(15-16)25-3;/h5,7-9,14-15H,4,6,10-13H2,1-3H3,(H2,21,22,23);1H. The maximum Gasteiger partial charge on any atom is 0.195 e. The van der Waals surface area contributed by atoms with E-state index in [1.165, 1.54) is 0 Å². The molecule has 0 aliphatic carbocycles. The third-order valence-corrected chi connectivity index (χ3v) is 3.81. The van der Waals surface area contributed by atoms with Crippen LogP contribution in [0.3, 0.4) is 0 Å². The summed E-state index contributed by atoms with van der Waals surface area (Å²) in [6.07, 6.45) is 3.32. The van der Waals surface area contributed by atoms with Gasteiger partial charge in [0.05, 0.1) is 20.5 Å². The van der Waals surface area contributed by atoms with Crippen molar-refractivity contribution in [3.05, 3.63) is 42.4 Å². The molecule has 1 aromatic heterocycles. The molecule has 2 N–H and O–H groups in total. The molecule has 7 nitrogen and oxygen atoms in total. The molecule has 28 heavy (non-hydrogen) atoms. The van der Waals surface area contributed by atoms with Gasteiger partial charge in [-0.3, -0.25) is 4.99 Å². The van der Waals surface area contributed by atoms with E-state index in [-0.39, 0.29) is 24.0 Å². The number of ether oxygens (including phenoxy) is 3. The number of methoxy groups -OCH3 is 2. The first-order valence-electron chi connectivity index (χ1n) is 9.14. The second-order valence-electron chi connectivity index (χ2n) is 5.73. The van der Waals surface area contributed by atoms with Gasteiger partial charge < -0.3 is 29.3 Å². The lowest BCUT2D eigenvalue weighted by atomic mass is 10.2. The topological polar surface area (TPSA) is 77.2 Å². The van der Waals surface area contributed by atoms with Crippen molar-refractivity contribution in [1.82, 2.24) is 5.32 Å². The van der Waals surface area contributed by atoms with Crippen LogP contribution in [0.2, 0.25) is 0 Å². The van der Waals surface area contributed by atoms with Crippen LogP contribution >= 0.6 is 24.0 Å². The second kappa shape index (κ2) is 14.1. The Morgan fingerprint density at radius 2 is 1.96 bits per heavy atom. The first-order valence-corrected chi connectivity index (χ1v) is 9.14. The van der Waals surface area contributed by atoms with E-state index in [1.807, 2.05) is 37.3 Å². The first kappa shape index (κ1) is 24.1. The minimum Gasteiger partial charge on any atom is -0.493 e. The van der Waals surface area contributed by atoms with Crippen molar-refractivity contribution in [2.24, 2.45) is 4.99 Å². The number of nitrogens with one attached hydrogen (secondary N) is 2. The van der Waals surface area contributed by atoms with Crippen molar-refractivity contribution in [2.45, 2.75) is 19.8 Å². The lowest BCUT2D eigenvalue weighted by molar-refractivity contribution is 0.146. The van der Waals surface area contributed by atoms with Crippen LogP contribution in [-0.4, -0.2) is 46.5 Å². The Labute approximate surface area is 183 Å². The highest BCUT2D eigenvalue weighted by Gasteiger charge is 2.07. The molecule has 0 unspecified atom stereocenters. The maximum atomic E-state index is 5.37. The minimum atomic E-state index is 0. The van der Waals surface area contributed by atoms with Gasteiger partial charge in [0.15, 0.2) is 17.5 Å². The summed E-state index contributed by atoms with van der Waals surface area (Å²) in [5, 5.41) is 6.64. The molecule has 0 bridgehead atoms. The molecule has 0 spiro atoms. The van der Waals surface area contributed by atoms with Crippen LogP contribution < -0.4 is 20.1 Å². The largest absolute Gasteiger partial charge is 0.493 e. The Kier molecular flexibility index (Phi) is 12.1. The summed E-state index contributed by atoms with van der Waals surface area (Å²) in [5.41, 5.74) is 0.863. The molecule has 2 aromatic rings. The molecule has 0 atom stereocenters. The number of rotatable bonds is 11. The van der Waals surface area contributed by atoms with Crippen molar-refractivity contribution < 1.29 is 18.6 Å². The molecule has 0 fully saturated rings. The Bertz CT molecular complexity index is 693. The zero-order valence-corrected chi connectivity index (χ0v) is 19.0. The molecular weight excluding hydrogens is 473 g/mol. The molecule has 0 saturated heterocycles. The monoisotopic (exact) mass is 503 g/mol. The van der Waals surface area contributed by atoms with Crippen LogP contribution in [0, 0.1) is 0 Å². The number of halogens is 1. The molecule has 0 amide bonds. The van der Waals surface area contributed by atoms with Crippen molar-refractivity contribution in [2.75, 3.05) is 45.8 Å². The number of guanidine groups is 1. The summed E-state index contributed by atoms with van der Waals surface area (Å²) in [4.78, 5) is 4.62. The number of hydrogen-bond acceptors (Lipinski definition) is 5. The zero-order chi connectivity index (χ0) is 19.3. The van der Waals surface area contributed by atoms with Crippen molar-refractivity contribution in [3.63, 3.8) is 0 Å². The van der Waals surface area contributed by atoms with Crippen LogP contribution in [0.1, 0.15) is 19.1 Å². The summed E-state index contributed by atoms with van der Waals surface area (Å²) >= 11 is 0. The predicted octanol–water partition coefficient (Wildman–Crippen LogP) is 3.94. The zero-order valence-electron chi connectivity index (χ0n) is 16.7. The van der Waals surface area contributed by atoms with Crippen molar-refractivity contribution in [1.29, 1.82) is 0 Å². The van der Waals surface area contributed by atoms with Crippen molar-refractivity contribution in [3.8, 4) is 11.5 Å². The van der Waals surface area contributed by atoms with Gasteiger partial charge in [-0.1, -0.05) is 0 Å². The molecular formula is C20H30IN3O4. The number of benzene rings is 1. The first-order chi connectivity index (χ1) is 13.3. The van der Waals surface area contributed by atoms with Crippen LogP contribution in [0.5, 0.6) is 11.5 Å². The van der Waals surface area contributed by atoms with E-state index >= 15 is 0 Å². The second-order valence-corrected chi connectivity index (χ2v) is 5.73. The fourth-order valence-electron chi connectivity index (χ4n) is 2.45. The van der Waals surface area contributed by atoms with E-state index in [1.54, 1.807) is 20.5 Å². The van der Waals surface area contributed by atoms with Gasteiger partial charge in [0.2, 0.25) is 0 Å². The van der Waals surface area contributed by atoms with E-state index in [0.29, 0.717) is 37.2 Å². The molecule has 0 aliphatic rings. The molecule has 0 saturated carbocycles. The fraction of sp³-hybridized carbons (Fsp3) is 0.450. The van der Waals surface area contributed by atoms with Crippen LogP contribution in [0.25, 0.3) is 0 Å². The highest BCUT2D eigenvalue weighted by Crippen LogP contribution is 2.29. The molecule has 1 heterocycles. The van der Waals surface area contributed by atoms with E-state index in [9.17, 15) is 0 Å². The van der Waals surface area contributed by atoms with E-state index < -0.39 is 0 Å².